The number of nitrogens with two attached hydrogens (primary N) is 1. The molecule has 3 nitrogen and oxygen atoms in total. The Kier molecular flexibility index (Phi) is 4.84. The van der Waals surface area contributed by atoms with Crippen molar-refractivity contribution in [3.05, 3.63) is 69.8 Å². The van der Waals surface area contributed by atoms with E-state index in [1.165, 1.54) is 11.3 Å². The monoisotopic (exact) mass is 405 g/mol. The molecule has 116 valence electrons. The number of anilines is 1. The molecule has 0 aliphatic rings. The fourth-order valence-electron chi connectivity index (χ4n) is 2.25. The van der Waals surface area contributed by atoms with Crippen molar-refractivity contribution in [1.82, 2.24) is 0 Å². The number of pyridine rings is 1. The molecule has 6 heteroatoms. The number of thioether (sulfide) groups is 1. The van der Waals surface area contributed by atoms with Crippen molar-refractivity contribution >= 4 is 50.5 Å². The molecule has 0 aliphatic heterocycles. The summed E-state index contributed by atoms with van der Waals surface area (Å²) in [6, 6.07) is 13.2. The van der Waals surface area contributed by atoms with Crippen molar-refractivity contribution in [2.45, 2.75) is 4.21 Å². The predicted molar refractivity (Wildman–Crippen MR) is 99.6 cm³/mol. The fourth-order valence-corrected chi connectivity index (χ4v) is 4.42. The Morgan fingerprint density at radius 3 is 2.43 bits per heavy atom. The molecule has 1 aromatic carbocycles. The van der Waals surface area contributed by atoms with Crippen LogP contribution in [0.15, 0.2) is 63.5 Å². The third-order valence-electron chi connectivity index (χ3n) is 3.36. The molecule has 0 unspecified atom stereocenters. The van der Waals surface area contributed by atoms with E-state index in [4.69, 9.17) is 5.73 Å². The zero-order valence-electron chi connectivity index (χ0n) is 12.3. The van der Waals surface area contributed by atoms with Crippen LogP contribution >= 0.6 is 39.0 Å². The predicted octanol–water partition coefficient (Wildman–Crippen LogP) is 4.32. The van der Waals surface area contributed by atoms with Gasteiger partial charge in [-0.15, -0.1) is 23.1 Å². The van der Waals surface area contributed by atoms with E-state index in [2.05, 4.69) is 15.9 Å². The van der Waals surface area contributed by atoms with Gasteiger partial charge in [-0.25, -0.2) is 0 Å². The first-order valence-corrected chi connectivity index (χ1v) is 9.68. The highest BCUT2D eigenvalue weighted by Crippen LogP contribution is 2.38. The zero-order valence-corrected chi connectivity index (χ0v) is 15.5. The van der Waals surface area contributed by atoms with Crippen molar-refractivity contribution in [2.75, 3.05) is 12.0 Å². The minimum Gasteiger partial charge on any atom is -0.392 e. The number of nitrogen functional groups attached to an aromatic ring is 1. The van der Waals surface area contributed by atoms with Crippen LogP contribution in [0.4, 0.5) is 5.69 Å². The molecule has 0 atom stereocenters. The van der Waals surface area contributed by atoms with Gasteiger partial charge in [0.2, 0.25) is 5.78 Å². The lowest BCUT2D eigenvalue weighted by atomic mass is 10.1. The summed E-state index contributed by atoms with van der Waals surface area (Å²) in [5.41, 5.74) is 8.37. The van der Waals surface area contributed by atoms with Crippen LogP contribution in [-0.2, 0) is 0 Å². The normalized spacial score (nSPS) is 10.7. The number of aromatic nitrogens is 1. The van der Waals surface area contributed by atoms with E-state index in [-0.39, 0.29) is 5.78 Å². The first-order valence-electron chi connectivity index (χ1n) is 6.85. The molecule has 2 heterocycles. The number of halogens is 1. The van der Waals surface area contributed by atoms with E-state index in [9.17, 15) is 4.79 Å². The summed E-state index contributed by atoms with van der Waals surface area (Å²) in [6.45, 7) is 0. The molecule has 23 heavy (non-hydrogen) atoms. The summed E-state index contributed by atoms with van der Waals surface area (Å²) in [4.78, 5) is 13.4. The van der Waals surface area contributed by atoms with Crippen LogP contribution in [0.1, 0.15) is 15.2 Å². The van der Waals surface area contributed by atoms with Crippen LogP contribution in [0.5, 0.6) is 0 Å². The van der Waals surface area contributed by atoms with E-state index in [0.29, 0.717) is 16.1 Å². The second-order valence-electron chi connectivity index (χ2n) is 4.80. The van der Waals surface area contributed by atoms with Gasteiger partial charge in [-0.05, 0) is 30.5 Å². The molecule has 3 rings (SSSR count). The van der Waals surface area contributed by atoms with Gasteiger partial charge in [-0.3, -0.25) is 4.79 Å². The number of thiophene rings is 1. The Morgan fingerprint density at radius 2 is 1.83 bits per heavy atom. The summed E-state index contributed by atoms with van der Waals surface area (Å²) in [7, 11) is 0. The average molecular weight is 406 g/mol. The Bertz CT molecular complexity index is 845. The minimum atomic E-state index is -0.0434. The maximum absolute atomic E-state index is 12.8. The SMILES string of the molecule is CSc1sc(C(=O)c2ccc(Br)cc2)c(N)c1-[n+]1ccccc1. The molecule has 0 aliphatic carbocycles. The lowest BCUT2D eigenvalue weighted by molar-refractivity contribution is -0.596. The largest absolute Gasteiger partial charge is 0.392 e. The van der Waals surface area contributed by atoms with Gasteiger partial charge in [-0.1, -0.05) is 22.0 Å². The first-order chi connectivity index (χ1) is 11.1. The Morgan fingerprint density at radius 1 is 1.17 bits per heavy atom. The third kappa shape index (κ3) is 3.20. The van der Waals surface area contributed by atoms with Gasteiger partial charge >= 0.3 is 0 Å². The summed E-state index contributed by atoms with van der Waals surface area (Å²) < 4.78 is 3.92. The van der Waals surface area contributed by atoms with Crippen LogP contribution in [0.25, 0.3) is 5.69 Å². The van der Waals surface area contributed by atoms with Crippen molar-refractivity contribution in [1.29, 1.82) is 0 Å². The molecule has 2 aromatic heterocycles. The van der Waals surface area contributed by atoms with Crippen LogP contribution in [0, 0.1) is 0 Å². The lowest BCUT2D eigenvalue weighted by Gasteiger charge is -2.00. The van der Waals surface area contributed by atoms with Gasteiger partial charge < -0.3 is 5.73 Å². The number of benzene rings is 1. The zero-order chi connectivity index (χ0) is 16.4. The summed E-state index contributed by atoms with van der Waals surface area (Å²) in [5, 5.41) is 0. The van der Waals surface area contributed by atoms with Crippen LogP contribution in [0.2, 0.25) is 0 Å². The average Bonchev–Trinajstić information content (AvgIpc) is 2.92. The van der Waals surface area contributed by atoms with Crippen LogP contribution in [-0.4, -0.2) is 12.0 Å². The maximum atomic E-state index is 12.8. The summed E-state index contributed by atoms with van der Waals surface area (Å²) >= 11 is 6.42. The smallest absolute Gasteiger partial charge is 0.259 e. The molecule has 0 spiro atoms. The lowest BCUT2D eigenvalue weighted by Crippen LogP contribution is -2.30. The van der Waals surface area contributed by atoms with Gasteiger partial charge in [0.15, 0.2) is 12.4 Å². The molecule has 0 bridgehead atoms. The van der Waals surface area contributed by atoms with Gasteiger partial charge in [0.25, 0.3) is 5.69 Å². The number of hydrogen-bond donors (Lipinski definition) is 1. The summed E-state index contributed by atoms with van der Waals surface area (Å²) in [5.74, 6) is -0.0434. The van der Waals surface area contributed by atoms with Gasteiger partial charge in [0, 0.05) is 22.2 Å². The highest BCUT2D eigenvalue weighted by Gasteiger charge is 2.27. The molecular formula is C17H14BrN2OS2+. The molecular weight excluding hydrogens is 392 g/mol. The first kappa shape index (κ1) is 16.2. The van der Waals surface area contributed by atoms with E-state index < -0.39 is 0 Å². The van der Waals surface area contributed by atoms with Crippen LogP contribution < -0.4 is 10.3 Å². The molecule has 0 saturated heterocycles. The topological polar surface area (TPSA) is 47.0 Å². The highest BCUT2D eigenvalue weighted by molar-refractivity contribution is 9.10. The molecule has 0 fully saturated rings. The minimum absolute atomic E-state index is 0.0434. The molecule has 3 aromatic rings. The fraction of sp³-hybridized carbons (Fsp3) is 0.0588. The van der Waals surface area contributed by atoms with E-state index in [1.54, 1.807) is 23.9 Å². The van der Waals surface area contributed by atoms with Gasteiger partial charge in [0.05, 0.1) is 0 Å². The maximum Gasteiger partial charge on any atom is 0.259 e. The molecule has 0 amide bonds. The van der Waals surface area contributed by atoms with Crippen molar-refractivity contribution in [3.8, 4) is 5.69 Å². The van der Waals surface area contributed by atoms with Crippen molar-refractivity contribution in [3.63, 3.8) is 0 Å². The standard InChI is InChI=1S/C17H13BrN2OS2/c1-22-17-14(20-9-3-2-4-10-20)13(19)16(23-17)15(21)11-5-7-12(18)8-6-11/h2-10H,1H3,(H-,19,21)/p+1. The second kappa shape index (κ2) is 6.86. The second-order valence-corrected chi connectivity index (χ2v) is 7.82. The number of carbonyl (C=O) groups excluding carboxylic acids is 1. The molecule has 0 radical (unpaired) electrons. The van der Waals surface area contributed by atoms with E-state index in [1.807, 2.05) is 53.5 Å². The Hall–Kier alpha value is -1.63. The quantitative estimate of drug-likeness (QED) is 0.399. The number of carbonyl (C=O) groups is 1. The van der Waals surface area contributed by atoms with E-state index in [0.717, 1.165) is 14.4 Å². The third-order valence-corrected chi connectivity index (χ3v) is 6.19. The van der Waals surface area contributed by atoms with Gasteiger partial charge in [0.1, 0.15) is 14.8 Å². The van der Waals surface area contributed by atoms with Crippen molar-refractivity contribution in [2.24, 2.45) is 0 Å². The van der Waals surface area contributed by atoms with Crippen LogP contribution in [0.3, 0.4) is 0 Å². The van der Waals surface area contributed by atoms with Crippen molar-refractivity contribution < 1.29 is 9.36 Å². The molecule has 0 saturated carbocycles. The number of nitrogens with zero attached hydrogens (tertiary/aromatic N) is 1. The Balaban J connectivity index is 2.09. The summed E-state index contributed by atoms with van der Waals surface area (Å²) in [6.07, 6.45) is 5.87. The number of rotatable bonds is 4. The van der Waals surface area contributed by atoms with Gasteiger partial charge in [-0.2, -0.15) is 4.57 Å². The molecule has 2 N–H and O–H groups in total. The number of hydrogen-bond acceptors (Lipinski definition) is 4. The highest BCUT2D eigenvalue weighted by atomic mass is 79.9. The Labute approximate surface area is 151 Å². The number of ketones is 1. The van der Waals surface area contributed by atoms with E-state index >= 15 is 0 Å².